The smallest absolute Gasteiger partial charge is 0.433 e. The van der Waals surface area contributed by atoms with Crippen LogP contribution in [0.3, 0.4) is 0 Å². The first kappa shape index (κ1) is 19.4. The van der Waals surface area contributed by atoms with E-state index >= 15 is 0 Å². The maximum absolute atomic E-state index is 13.3. The van der Waals surface area contributed by atoms with E-state index in [2.05, 4.69) is 14.7 Å². The zero-order chi connectivity index (χ0) is 20.9. The average Bonchev–Trinajstić information content (AvgIpc) is 3.52. The molecular formula is C19H13ClF3N3O3. The van der Waals surface area contributed by atoms with Crippen LogP contribution in [-0.2, 0) is 10.9 Å². The number of hydrogen-bond acceptors (Lipinski definition) is 5. The molecule has 1 saturated carbocycles. The highest BCUT2D eigenvalue weighted by atomic mass is 35.5. The number of alkyl halides is 3. The highest BCUT2D eigenvalue weighted by Gasteiger charge is 2.35. The zero-order valence-corrected chi connectivity index (χ0v) is 15.7. The third kappa shape index (κ3) is 3.25. The van der Waals surface area contributed by atoms with Crippen LogP contribution in [0.1, 0.15) is 40.5 Å². The van der Waals surface area contributed by atoms with Gasteiger partial charge < -0.3 is 4.74 Å². The van der Waals surface area contributed by atoms with Gasteiger partial charge in [-0.25, -0.2) is 9.78 Å². The lowest BCUT2D eigenvalue weighted by Gasteiger charge is -2.17. The normalized spacial score (nSPS) is 14.2. The van der Waals surface area contributed by atoms with Gasteiger partial charge in [-0.15, -0.1) is 0 Å². The zero-order valence-electron chi connectivity index (χ0n) is 15.0. The van der Waals surface area contributed by atoms with Crippen molar-refractivity contribution in [3.05, 3.63) is 62.8 Å². The Morgan fingerprint density at radius 3 is 2.62 bits per heavy atom. The highest BCUT2D eigenvalue weighted by molar-refractivity contribution is 6.38. The van der Waals surface area contributed by atoms with Crippen LogP contribution in [-0.4, -0.2) is 27.6 Å². The molecule has 3 aromatic rings. The lowest BCUT2D eigenvalue weighted by molar-refractivity contribution is -0.141. The molecule has 6 nitrogen and oxygen atoms in total. The minimum atomic E-state index is -4.73. The Hall–Kier alpha value is -2.94. The summed E-state index contributed by atoms with van der Waals surface area (Å²) in [5.74, 6) is -0.913. The minimum Gasteiger partial charge on any atom is -0.465 e. The van der Waals surface area contributed by atoms with E-state index in [1.54, 1.807) is 12.1 Å². The van der Waals surface area contributed by atoms with Crippen molar-refractivity contribution in [1.29, 1.82) is 0 Å². The molecule has 4 rings (SSSR count). The van der Waals surface area contributed by atoms with Crippen molar-refractivity contribution in [3.63, 3.8) is 0 Å². The van der Waals surface area contributed by atoms with Crippen LogP contribution in [0, 0.1) is 0 Å². The largest absolute Gasteiger partial charge is 0.465 e. The van der Waals surface area contributed by atoms with Gasteiger partial charge >= 0.3 is 12.1 Å². The Morgan fingerprint density at radius 1 is 1.28 bits per heavy atom. The van der Waals surface area contributed by atoms with Gasteiger partial charge in [0.25, 0.3) is 5.56 Å². The molecule has 3 heterocycles. The summed E-state index contributed by atoms with van der Waals surface area (Å²) in [4.78, 5) is 33.4. The molecule has 150 valence electrons. The Kier molecular flexibility index (Phi) is 4.57. The first-order chi connectivity index (χ1) is 13.7. The SMILES string of the molecule is COC(=O)c1c(Cl)c2ccc(C(F)(F)F)nc2n(-c2cccnc2C2CC2)c1=O. The summed E-state index contributed by atoms with van der Waals surface area (Å²) in [6.07, 6.45) is -1.50. The van der Waals surface area contributed by atoms with Crippen molar-refractivity contribution in [2.45, 2.75) is 24.9 Å². The maximum atomic E-state index is 13.3. The molecule has 0 aliphatic heterocycles. The van der Waals surface area contributed by atoms with E-state index in [9.17, 15) is 22.8 Å². The summed E-state index contributed by atoms with van der Waals surface area (Å²) >= 11 is 6.21. The van der Waals surface area contributed by atoms with E-state index in [4.69, 9.17) is 11.6 Å². The molecule has 1 aliphatic carbocycles. The van der Waals surface area contributed by atoms with E-state index < -0.39 is 29.0 Å². The number of halogens is 4. The molecule has 1 aliphatic rings. The second-order valence-electron chi connectivity index (χ2n) is 6.57. The quantitative estimate of drug-likeness (QED) is 0.592. The molecule has 0 atom stereocenters. The second-order valence-corrected chi connectivity index (χ2v) is 6.95. The van der Waals surface area contributed by atoms with Gasteiger partial charge in [0, 0.05) is 17.5 Å². The maximum Gasteiger partial charge on any atom is 0.433 e. The van der Waals surface area contributed by atoms with Crippen molar-refractivity contribution in [1.82, 2.24) is 14.5 Å². The predicted octanol–water partition coefficient (Wildman–Crippen LogP) is 4.12. The summed E-state index contributed by atoms with van der Waals surface area (Å²) < 4.78 is 45.4. The first-order valence-electron chi connectivity index (χ1n) is 8.60. The standard InChI is InChI=1S/C19H13ClF3N3O3/c1-29-18(28)13-14(20)10-6-7-12(19(21,22)23)25-16(10)26(17(13)27)11-3-2-8-24-15(11)9-4-5-9/h2-3,6-9H,4-5H2,1H3. The molecule has 0 spiro atoms. The number of ether oxygens (including phenoxy) is 1. The molecule has 0 aromatic carbocycles. The van der Waals surface area contributed by atoms with Crippen LogP contribution in [0.2, 0.25) is 5.02 Å². The van der Waals surface area contributed by atoms with Gasteiger partial charge in [-0.3, -0.25) is 14.3 Å². The molecule has 0 saturated heterocycles. The lowest BCUT2D eigenvalue weighted by Crippen LogP contribution is -2.28. The number of hydrogen-bond donors (Lipinski definition) is 0. The Morgan fingerprint density at radius 2 is 2.00 bits per heavy atom. The highest BCUT2D eigenvalue weighted by Crippen LogP contribution is 2.42. The third-order valence-electron chi connectivity index (χ3n) is 4.66. The van der Waals surface area contributed by atoms with E-state index in [0.29, 0.717) is 5.69 Å². The summed E-state index contributed by atoms with van der Waals surface area (Å²) in [7, 11) is 1.08. The Bertz CT molecular complexity index is 1200. The fraction of sp³-hybridized carbons (Fsp3) is 0.263. The van der Waals surface area contributed by atoms with Gasteiger partial charge in [0.05, 0.1) is 23.5 Å². The van der Waals surface area contributed by atoms with Gasteiger partial charge in [0.15, 0.2) is 0 Å². The van der Waals surface area contributed by atoms with E-state index in [1.165, 1.54) is 6.20 Å². The minimum absolute atomic E-state index is 0.0188. The molecule has 1 fully saturated rings. The second kappa shape index (κ2) is 6.84. The topological polar surface area (TPSA) is 74.1 Å². The van der Waals surface area contributed by atoms with E-state index in [0.717, 1.165) is 36.7 Å². The van der Waals surface area contributed by atoms with Gasteiger partial charge in [-0.2, -0.15) is 13.2 Å². The number of fused-ring (bicyclic) bond motifs is 1. The number of methoxy groups -OCH3 is 1. The van der Waals surface area contributed by atoms with Crippen molar-refractivity contribution in [2.24, 2.45) is 0 Å². The van der Waals surface area contributed by atoms with Crippen LogP contribution in [0.15, 0.2) is 35.3 Å². The lowest BCUT2D eigenvalue weighted by atomic mass is 10.1. The molecule has 0 radical (unpaired) electrons. The number of aromatic nitrogens is 3. The fourth-order valence-corrected chi connectivity index (χ4v) is 3.46. The predicted molar refractivity (Wildman–Crippen MR) is 98.5 cm³/mol. The van der Waals surface area contributed by atoms with Crippen LogP contribution in [0.4, 0.5) is 13.2 Å². The summed E-state index contributed by atoms with van der Waals surface area (Å²) in [6.45, 7) is 0. The summed E-state index contributed by atoms with van der Waals surface area (Å²) in [6, 6.07) is 4.94. The van der Waals surface area contributed by atoms with Crippen LogP contribution < -0.4 is 5.56 Å². The van der Waals surface area contributed by atoms with Crippen molar-refractivity contribution >= 4 is 28.6 Å². The number of rotatable bonds is 3. The van der Waals surface area contributed by atoms with Crippen molar-refractivity contribution in [3.8, 4) is 5.69 Å². The average molecular weight is 424 g/mol. The van der Waals surface area contributed by atoms with Gasteiger partial charge in [-0.1, -0.05) is 11.6 Å². The van der Waals surface area contributed by atoms with Gasteiger partial charge in [0.2, 0.25) is 0 Å². The van der Waals surface area contributed by atoms with Crippen molar-refractivity contribution in [2.75, 3.05) is 7.11 Å². The van der Waals surface area contributed by atoms with Gasteiger partial charge in [-0.05, 0) is 37.1 Å². The first-order valence-corrected chi connectivity index (χ1v) is 8.98. The van der Waals surface area contributed by atoms with Gasteiger partial charge in [0.1, 0.15) is 16.9 Å². The van der Waals surface area contributed by atoms with Crippen molar-refractivity contribution < 1.29 is 22.7 Å². The molecule has 29 heavy (non-hydrogen) atoms. The monoisotopic (exact) mass is 423 g/mol. The van der Waals surface area contributed by atoms with E-state index in [-0.39, 0.29) is 27.7 Å². The third-order valence-corrected chi connectivity index (χ3v) is 5.05. The summed E-state index contributed by atoms with van der Waals surface area (Å²) in [5, 5.41) is -0.295. The van der Waals surface area contributed by atoms with Crippen LogP contribution in [0.25, 0.3) is 16.7 Å². The number of pyridine rings is 3. The number of carbonyl (C=O) groups excluding carboxylic acids is 1. The molecule has 0 N–H and O–H groups in total. The number of carbonyl (C=O) groups is 1. The Balaban J connectivity index is 2.16. The molecule has 3 aromatic heterocycles. The molecule has 0 bridgehead atoms. The molecular weight excluding hydrogens is 411 g/mol. The van der Waals surface area contributed by atoms with Crippen LogP contribution >= 0.6 is 11.6 Å². The van der Waals surface area contributed by atoms with E-state index in [1.807, 2.05) is 0 Å². The van der Waals surface area contributed by atoms with Crippen LogP contribution in [0.5, 0.6) is 0 Å². The summed E-state index contributed by atoms with van der Waals surface area (Å²) in [5.41, 5.74) is -2.08. The molecule has 0 amide bonds. The number of esters is 1. The molecule has 0 unspecified atom stereocenters. The molecule has 10 heteroatoms. The Labute approximate surface area is 166 Å². The number of nitrogens with zero attached hydrogens (tertiary/aromatic N) is 3. The fourth-order valence-electron chi connectivity index (χ4n) is 3.16.